The van der Waals surface area contributed by atoms with Crippen molar-refractivity contribution in [2.24, 2.45) is 0 Å². The summed E-state index contributed by atoms with van der Waals surface area (Å²) < 4.78 is 9.53. The van der Waals surface area contributed by atoms with Gasteiger partial charge < -0.3 is 14.5 Å². The molecular formula is C30H37N5O3S2. The van der Waals surface area contributed by atoms with Gasteiger partial charge in [-0.15, -0.1) is 16.4 Å². The van der Waals surface area contributed by atoms with E-state index < -0.39 is 0 Å². The Balaban J connectivity index is 1.35. The minimum Gasteiger partial charge on any atom is -0.507 e. The van der Waals surface area contributed by atoms with Gasteiger partial charge in [-0.05, 0) is 61.2 Å². The fourth-order valence-corrected chi connectivity index (χ4v) is 6.88. The Kier molecular flexibility index (Phi) is 7.37. The van der Waals surface area contributed by atoms with Crippen molar-refractivity contribution in [3.05, 3.63) is 50.6 Å². The molecule has 4 aromatic rings. The fourth-order valence-electron chi connectivity index (χ4n) is 5.24. The van der Waals surface area contributed by atoms with Gasteiger partial charge in [-0.3, -0.25) is 4.79 Å². The topological polar surface area (TPSA) is 105 Å². The molecule has 0 atom stereocenters. The smallest absolute Gasteiger partial charge is 0.259 e. The first-order valence-electron chi connectivity index (χ1n) is 13.6. The van der Waals surface area contributed by atoms with E-state index in [0.717, 1.165) is 50.8 Å². The van der Waals surface area contributed by atoms with Gasteiger partial charge in [-0.25, -0.2) is 4.98 Å². The molecule has 0 radical (unpaired) electrons. The molecule has 1 aromatic carbocycles. The number of nitrogens with zero attached hydrogens (tertiary/aromatic N) is 5. The van der Waals surface area contributed by atoms with Gasteiger partial charge in [-0.1, -0.05) is 51.2 Å². The highest BCUT2D eigenvalue weighted by atomic mass is 32.1. The van der Waals surface area contributed by atoms with Crippen LogP contribution in [0.3, 0.4) is 0 Å². The Morgan fingerprint density at radius 2 is 1.65 bits per heavy atom. The molecule has 0 aliphatic carbocycles. The number of likely N-dealkylation sites (tertiary alicyclic amines) is 1. The van der Waals surface area contributed by atoms with Crippen LogP contribution in [0.15, 0.2) is 22.0 Å². The van der Waals surface area contributed by atoms with Crippen molar-refractivity contribution in [3.8, 4) is 27.6 Å². The van der Waals surface area contributed by atoms with Crippen molar-refractivity contribution < 1.29 is 14.4 Å². The minimum absolute atomic E-state index is 0.0617. The van der Waals surface area contributed by atoms with Gasteiger partial charge in [0.1, 0.15) is 16.2 Å². The number of amides is 1. The van der Waals surface area contributed by atoms with Gasteiger partial charge >= 0.3 is 0 Å². The summed E-state index contributed by atoms with van der Waals surface area (Å²) in [4.78, 5) is 21.3. The Morgan fingerprint density at radius 3 is 2.20 bits per heavy atom. The zero-order valence-corrected chi connectivity index (χ0v) is 26.1. The van der Waals surface area contributed by atoms with E-state index in [4.69, 9.17) is 9.51 Å². The van der Waals surface area contributed by atoms with Crippen LogP contribution in [-0.4, -0.2) is 48.7 Å². The minimum atomic E-state index is -0.198. The molecule has 1 saturated heterocycles. The number of hydrogen-bond acceptors (Lipinski definition) is 9. The number of carbonyl (C=O) groups is 1. The number of aromatic nitrogens is 4. The second-order valence-electron chi connectivity index (χ2n) is 12.7. The van der Waals surface area contributed by atoms with Crippen LogP contribution in [0.4, 0.5) is 0 Å². The van der Waals surface area contributed by atoms with E-state index in [2.05, 4.69) is 73.8 Å². The van der Waals surface area contributed by atoms with Crippen LogP contribution < -0.4 is 0 Å². The van der Waals surface area contributed by atoms with E-state index in [0.29, 0.717) is 41.8 Å². The lowest BCUT2D eigenvalue weighted by atomic mass is 9.78. The van der Waals surface area contributed by atoms with Crippen molar-refractivity contribution in [2.45, 2.75) is 85.0 Å². The van der Waals surface area contributed by atoms with Gasteiger partial charge in [0, 0.05) is 41.1 Å². The van der Waals surface area contributed by atoms with E-state index in [1.54, 1.807) is 18.3 Å². The molecule has 40 heavy (non-hydrogen) atoms. The van der Waals surface area contributed by atoms with Gasteiger partial charge in [0.2, 0.25) is 0 Å². The molecule has 1 aliphatic heterocycles. The summed E-state index contributed by atoms with van der Waals surface area (Å²) in [5.74, 6) is 1.07. The molecule has 0 saturated carbocycles. The van der Waals surface area contributed by atoms with Crippen LogP contribution in [0.5, 0.6) is 5.75 Å². The molecule has 4 heterocycles. The highest BCUT2D eigenvalue weighted by molar-refractivity contribution is 7.10. The molecule has 1 fully saturated rings. The number of phenols is 1. The molecule has 0 spiro atoms. The zero-order chi connectivity index (χ0) is 29.0. The molecule has 3 aromatic heterocycles. The van der Waals surface area contributed by atoms with E-state index in [-0.39, 0.29) is 16.7 Å². The molecule has 212 valence electrons. The zero-order valence-electron chi connectivity index (χ0n) is 24.5. The van der Waals surface area contributed by atoms with Crippen molar-refractivity contribution in [1.29, 1.82) is 0 Å². The van der Waals surface area contributed by atoms with Crippen LogP contribution in [0.1, 0.15) is 98.2 Å². The number of aromatic hydroxyl groups is 1. The number of carbonyl (C=O) groups excluding carboxylic acids is 1. The number of benzene rings is 1. The molecule has 5 rings (SSSR count). The summed E-state index contributed by atoms with van der Waals surface area (Å²) >= 11 is 2.89. The normalized spacial score (nSPS) is 15.2. The predicted octanol–water partition coefficient (Wildman–Crippen LogP) is 7.25. The first kappa shape index (κ1) is 28.4. The molecule has 1 aliphatic rings. The van der Waals surface area contributed by atoms with Gasteiger partial charge in [0.25, 0.3) is 5.91 Å². The summed E-state index contributed by atoms with van der Waals surface area (Å²) in [5.41, 5.74) is 5.25. The third-order valence-electron chi connectivity index (χ3n) is 7.61. The summed E-state index contributed by atoms with van der Waals surface area (Å²) in [6, 6.07) is 4.17. The Morgan fingerprint density at radius 1 is 1.02 bits per heavy atom. The first-order chi connectivity index (χ1) is 18.8. The number of hydrogen-bond donors (Lipinski definition) is 1. The second-order valence-corrected chi connectivity index (χ2v) is 14.4. The average molecular weight is 580 g/mol. The molecule has 10 heteroatoms. The number of phenolic OH excluding ortho intramolecular Hbond substituents is 1. The third kappa shape index (κ3) is 5.31. The Labute approximate surface area is 243 Å². The largest absolute Gasteiger partial charge is 0.507 e. The maximum atomic E-state index is 13.6. The van der Waals surface area contributed by atoms with Crippen molar-refractivity contribution in [3.63, 3.8) is 0 Å². The molecular weight excluding hydrogens is 542 g/mol. The molecule has 8 nitrogen and oxygen atoms in total. The molecule has 1 amide bonds. The lowest BCUT2D eigenvalue weighted by molar-refractivity contribution is 0.0712. The van der Waals surface area contributed by atoms with Gasteiger partial charge in [0.05, 0.1) is 22.1 Å². The summed E-state index contributed by atoms with van der Waals surface area (Å²) in [5, 5.41) is 22.5. The third-order valence-corrected chi connectivity index (χ3v) is 9.44. The summed E-state index contributed by atoms with van der Waals surface area (Å²) in [7, 11) is 0. The maximum Gasteiger partial charge on any atom is 0.259 e. The van der Waals surface area contributed by atoms with E-state index in [1.807, 2.05) is 11.8 Å². The molecule has 0 bridgehead atoms. The average Bonchev–Trinajstić information content (AvgIpc) is 3.62. The van der Waals surface area contributed by atoms with Crippen molar-refractivity contribution in [2.75, 3.05) is 13.1 Å². The lowest BCUT2D eigenvalue weighted by Gasteiger charge is -2.31. The highest BCUT2D eigenvalue weighted by Gasteiger charge is 2.32. The fraction of sp³-hybridized carbons (Fsp3) is 0.500. The summed E-state index contributed by atoms with van der Waals surface area (Å²) in [6.45, 7) is 17.7. The molecule has 0 unspecified atom stereocenters. The van der Waals surface area contributed by atoms with Crippen LogP contribution >= 0.6 is 22.9 Å². The van der Waals surface area contributed by atoms with Crippen LogP contribution in [0, 0.1) is 13.8 Å². The number of aryl methyl sites for hydroxylation is 2. The van der Waals surface area contributed by atoms with Crippen LogP contribution in [0.2, 0.25) is 0 Å². The van der Waals surface area contributed by atoms with Gasteiger partial charge in [-0.2, -0.15) is 0 Å². The first-order valence-corrected chi connectivity index (χ1v) is 15.3. The van der Waals surface area contributed by atoms with Crippen LogP contribution in [-0.2, 0) is 10.8 Å². The number of rotatable bonds is 4. The standard InChI is InChI=1S/C30H37N5O3S2/c1-16-23(25(38-33-16)26-17(2)32-34-40-26)28(37)35-11-9-18(10-12-35)27-31-22(15-39-27)19-13-20(29(3,4)5)24(36)21(14-19)30(6,7)8/h13-15,18,36H,9-12H2,1-8H3. The molecule has 1 N–H and O–H groups in total. The highest BCUT2D eigenvalue weighted by Crippen LogP contribution is 2.43. The predicted molar refractivity (Wildman–Crippen MR) is 159 cm³/mol. The number of thiazole rings is 1. The van der Waals surface area contributed by atoms with Crippen LogP contribution in [0.25, 0.3) is 21.9 Å². The Bertz CT molecular complexity index is 1510. The van der Waals surface area contributed by atoms with Gasteiger partial charge in [0.15, 0.2) is 5.76 Å². The van der Waals surface area contributed by atoms with Crippen molar-refractivity contribution >= 4 is 28.8 Å². The second kappa shape index (κ2) is 10.4. The van der Waals surface area contributed by atoms with E-state index >= 15 is 0 Å². The SMILES string of the molecule is Cc1nnsc1-c1onc(C)c1C(=O)N1CCC(c2nc(-c3cc(C(C)(C)C)c(O)c(C(C)(C)C)c3)cs2)CC1. The van der Waals surface area contributed by atoms with Crippen molar-refractivity contribution in [1.82, 2.24) is 24.6 Å². The quantitative estimate of drug-likeness (QED) is 0.271. The Hall–Kier alpha value is -3.11. The maximum absolute atomic E-state index is 13.6. The summed E-state index contributed by atoms with van der Waals surface area (Å²) in [6.07, 6.45) is 1.69. The monoisotopic (exact) mass is 579 g/mol. The van der Waals surface area contributed by atoms with E-state index in [1.165, 1.54) is 11.5 Å². The number of piperidine rings is 1. The lowest BCUT2D eigenvalue weighted by Crippen LogP contribution is -2.38. The van der Waals surface area contributed by atoms with E-state index in [9.17, 15) is 9.90 Å².